The molecule has 5 heteroatoms. The molecule has 1 aliphatic heterocycles. The maximum atomic E-state index is 5.99. The number of likely N-dealkylation sites (tertiary alicyclic amines) is 1. The van der Waals surface area contributed by atoms with Crippen LogP contribution < -0.4 is 4.74 Å². The van der Waals surface area contributed by atoms with E-state index >= 15 is 0 Å². The molecule has 1 saturated heterocycles. The monoisotopic (exact) mass is 304 g/mol. The summed E-state index contributed by atoms with van der Waals surface area (Å²) in [5.41, 5.74) is 0. The third-order valence-corrected chi connectivity index (χ3v) is 3.32. The van der Waals surface area contributed by atoms with E-state index in [0.29, 0.717) is 17.5 Å². The van der Waals surface area contributed by atoms with Gasteiger partial charge in [0.05, 0.1) is 0 Å². The van der Waals surface area contributed by atoms with Crippen LogP contribution >= 0.6 is 27.5 Å². The first-order chi connectivity index (χ1) is 7.75. The molecule has 1 fully saturated rings. The number of aromatic nitrogens is 1. The lowest BCUT2D eigenvalue weighted by molar-refractivity contribution is 0.232. The number of hydrogen-bond donors (Lipinski definition) is 0. The van der Waals surface area contributed by atoms with Crippen LogP contribution in [0.3, 0.4) is 0 Å². The second-order valence-electron chi connectivity index (χ2n) is 3.84. The quantitative estimate of drug-likeness (QED) is 0.855. The first-order valence-electron chi connectivity index (χ1n) is 5.42. The second kappa shape index (κ2) is 5.84. The van der Waals surface area contributed by atoms with E-state index in [1.165, 1.54) is 25.9 Å². The Morgan fingerprint density at radius 1 is 1.44 bits per heavy atom. The number of rotatable bonds is 4. The largest absolute Gasteiger partial charge is 0.475 e. The van der Waals surface area contributed by atoms with Crippen molar-refractivity contribution >= 4 is 27.5 Å². The molecule has 16 heavy (non-hydrogen) atoms. The Kier molecular flexibility index (Phi) is 4.44. The van der Waals surface area contributed by atoms with E-state index < -0.39 is 0 Å². The predicted molar refractivity (Wildman–Crippen MR) is 68.1 cm³/mol. The minimum absolute atomic E-state index is 0.518. The fourth-order valence-electron chi connectivity index (χ4n) is 1.79. The fraction of sp³-hybridized carbons (Fsp3) is 0.545. The van der Waals surface area contributed by atoms with Gasteiger partial charge in [0.1, 0.15) is 11.6 Å². The third-order valence-electron chi connectivity index (χ3n) is 2.62. The van der Waals surface area contributed by atoms with Gasteiger partial charge in [-0.3, -0.25) is 4.90 Å². The maximum absolute atomic E-state index is 5.99. The Bertz CT molecular complexity index is 356. The van der Waals surface area contributed by atoms with Crippen molar-refractivity contribution in [1.29, 1.82) is 0 Å². The zero-order valence-corrected chi connectivity index (χ0v) is 11.3. The van der Waals surface area contributed by atoms with Gasteiger partial charge in [0.2, 0.25) is 5.88 Å². The average molecular weight is 306 g/mol. The molecular formula is C11H14BrClN2O. The molecule has 1 aliphatic rings. The van der Waals surface area contributed by atoms with Crippen LogP contribution in [-0.4, -0.2) is 36.1 Å². The van der Waals surface area contributed by atoms with Crippen molar-refractivity contribution in [2.24, 2.45) is 0 Å². The fourth-order valence-corrected chi connectivity index (χ4v) is 2.47. The lowest BCUT2D eigenvalue weighted by Crippen LogP contribution is -2.25. The van der Waals surface area contributed by atoms with Crippen molar-refractivity contribution in [1.82, 2.24) is 9.88 Å². The first kappa shape index (κ1) is 12.1. The van der Waals surface area contributed by atoms with Gasteiger partial charge in [-0.15, -0.1) is 0 Å². The zero-order valence-electron chi connectivity index (χ0n) is 8.96. The number of pyridine rings is 1. The van der Waals surface area contributed by atoms with Crippen molar-refractivity contribution in [2.75, 3.05) is 26.2 Å². The van der Waals surface area contributed by atoms with E-state index in [1.807, 2.05) is 0 Å². The minimum Gasteiger partial charge on any atom is -0.475 e. The molecule has 2 rings (SSSR count). The topological polar surface area (TPSA) is 25.4 Å². The van der Waals surface area contributed by atoms with Crippen LogP contribution in [0.2, 0.25) is 5.02 Å². The molecule has 0 saturated carbocycles. The van der Waals surface area contributed by atoms with Gasteiger partial charge in [-0.25, -0.2) is 4.98 Å². The summed E-state index contributed by atoms with van der Waals surface area (Å²) >= 11 is 9.30. The van der Waals surface area contributed by atoms with Gasteiger partial charge in [0.25, 0.3) is 0 Å². The van der Waals surface area contributed by atoms with Gasteiger partial charge in [-0.2, -0.15) is 0 Å². The van der Waals surface area contributed by atoms with E-state index in [-0.39, 0.29) is 0 Å². The van der Waals surface area contributed by atoms with E-state index in [9.17, 15) is 0 Å². The van der Waals surface area contributed by atoms with Gasteiger partial charge >= 0.3 is 0 Å². The number of halogens is 2. The van der Waals surface area contributed by atoms with Crippen LogP contribution in [0.5, 0.6) is 5.88 Å². The van der Waals surface area contributed by atoms with Gasteiger partial charge in [0.15, 0.2) is 0 Å². The normalized spacial score (nSPS) is 16.6. The highest BCUT2D eigenvalue weighted by Gasteiger charge is 2.11. The van der Waals surface area contributed by atoms with E-state index in [0.717, 1.165) is 11.0 Å². The molecule has 3 nitrogen and oxygen atoms in total. The summed E-state index contributed by atoms with van der Waals surface area (Å²) in [6, 6.07) is 1.79. The van der Waals surface area contributed by atoms with Crippen LogP contribution in [0, 0.1) is 0 Å². The van der Waals surface area contributed by atoms with Crippen molar-refractivity contribution in [3.8, 4) is 5.88 Å². The third kappa shape index (κ3) is 3.34. The van der Waals surface area contributed by atoms with Crippen LogP contribution in [0.15, 0.2) is 16.7 Å². The molecule has 0 radical (unpaired) electrons. The zero-order chi connectivity index (χ0) is 11.4. The molecule has 88 valence electrons. The second-order valence-corrected chi connectivity index (χ2v) is 5.16. The standard InChI is InChI=1S/C11H14BrClN2O/c12-9-7-10(13)11(14-8-9)16-6-5-15-3-1-2-4-15/h7-8H,1-6H2. The first-order valence-corrected chi connectivity index (χ1v) is 6.59. The summed E-state index contributed by atoms with van der Waals surface area (Å²) in [6.45, 7) is 3.97. The molecule has 1 aromatic heterocycles. The van der Waals surface area contributed by atoms with Crippen molar-refractivity contribution in [3.63, 3.8) is 0 Å². The molecule has 0 bridgehead atoms. The molecular weight excluding hydrogens is 291 g/mol. The Labute approximate surface area is 109 Å². The average Bonchev–Trinajstić information content (AvgIpc) is 2.74. The van der Waals surface area contributed by atoms with E-state index in [2.05, 4.69) is 25.8 Å². The van der Waals surface area contributed by atoms with Gasteiger partial charge in [-0.1, -0.05) is 11.6 Å². The summed E-state index contributed by atoms with van der Waals surface area (Å²) < 4.78 is 6.41. The maximum Gasteiger partial charge on any atom is 0.232 e. The number of hydrogen-bond acceptors (Lipinski definition) is 3. The minimum atomic E-state index is 0.518. The van der Waals surface area contributed by atoms with Crippen LogP contribution in [-0.2, 0) is 0 Å². The van der Waals surface area contributed by atoms with E-state index in [1.54, 1.807) is 12.3 Å². The number of ether oxygens (including phenoxy) is 1. The highest BCUT2D eigenvalue weighted by molar-refractivity contribution is 9.10. The van der Waals surface area contributed by atoms with Crippen molar-refractivity contribution in [3.05, 3.63) is 21.8 Å². The SMILES string of the molecule is Clc1cc(Br)cnc1OCCN1CCCC1. The molecule has 0 atom stereocenters. The predicted octanol–water partition coefficient (Wildman–Crippen LogP) is 2.97. The lowest BCUT2D eigenvalue weighted by Gasteiger charge is -2.14. The Hall–Kier alpha value is -0.320. The molecule has 0 N–H and O–H groups in total. The molecule has 1 aromatic rings. The summed E-state index contributed by atoms with van der Waals surface area (Å²) in [6.07, 6.45) is 4.30. The smallest absolute Gasteiger partial charge is 0.232 e. The molecule has 0 spiro atoms. The molecule has 0 aliphatic carbocycles. The van der Waals surface area contributed by atoms with Crippen LogP contribution in [0.1, 0.15) is 12.8 Å². The molecule has 0 aromatic carbocycles. The summed E-state index contributed by atoms with van der Waals surface area (Å²) in [5, 5.41) is 0.552. The van der Waals surface area contributed by atoms with Crippen molar-refractivity contribution < 1.29 is 4.74 Å². The highest BCUT2D eigenvalue weighted by Crippen LogP contribution is 2.24. The highest BCUT2D eigenvalue weighted by atomic mass is 79.9. The van der Waals surface area contributed by atoms with E-state index in [4.69, 9.17) is 16.3 Å². The van der Waals surface area contributed by atoms with Crippen LogP contribution in [0.4, 0.5) is 0 Å². The molecule has 0 amide bonds. The Balaban J connectivity index is 1.80. The van der Waals surface area contributed by atoms with Gasteiger partial charge in [-0.05, 0) is 47.9 Å². The Morgan fingerprint density at radius 3 is 2.88 bits per heavy atom. The van der Waals surface area contributed by atoms with Gasteiger partial charge < -0.3 is 4.74 Å². The summed E-state index contributed by atoms with van der Waals surface area (Å²) in [7, 11) is 0. The lowest BCUT2D eigenvalue weighted by atomic mass is 10.4. The molecule has 2 heterocycles. The van der Waals surface area contributed by atoms with Gasteiger partial charge in [0, 0.05) is 17.2 Å². The Morgan fingerprint density at radius 2 is 2.19 bits per heavy atom. The summed E-state index contributed by atoms with van der Waals surface area (Å²) in [5.74, 6) is 0.518. The molecule has 0 unspecified atom stereocenters. The van der Waals surface area contributed by atoms with Crippen LogP contribution in [0.25, 0.3) is 0 Å². The summed E-state index contributed by atoms with van der Waals surface area (Å²) in [4.78, 5) is 6.52. The number of nitrogens with zero attached hydrogens (tertiary/aromatic N) is 2. The van der Waals surface area contributed by atoms with Crippen molar-refractivity contribution in [2.45, 2.75) is 12.8 Å².